The van der Waals surface area contributed by atoms with E-state index in [1.54, 1.807) is 6.26 Å². The van der Waals surface area contributed by atoms with Crippen LogP contribution in [0.25, 0.3) is 0 Å². The summed E-state index contributed by atoms with van der Waals surface area (Å²) in [5.74, 6) is 1.69. The Bertz CT molecular complexity index is 517. The van der Waals surface area contributed by atoms with Gasteiger partial charge in [-0.3, -0.25) is 0 Å². The Hall–Kier alpha value is -1.82. The number of hydrogen-bond donors (Lipinski definition) is 2. The fraction of sp³-hybridized carbons (Fsp3) is 0.417. The first-order valence-corrected chi connectivity index (χ1v) is 6.52. The van der Waals surface area contributed by atoms with Crippen LogP contribution in [0, 0.1) is 0 Å². The summed E-state index contributed by atoms with van der Waals surface area (Å²) in [4.78, 5) is 12.3. The maximum atomic E-state index is 5.87. The molecule has 2 heterocycles. The maximum Gasteiger partial charge on any atom is 0.229 e. The predicted octanol–water partition coefficient (Wildman–Crippen LogP) is 3.11. The summed E-state index contributed by atoms with van der Waals surface area (Å²) >= 11 is 5.87. The van der Waals surface area contributed by atoms with Gasteiger partial charge in [0.05, 0.1) is 12.3 Å². The molecule has 0 aliphatic carbocycles. The standard InChI is InChI=1S/C12H16ClN5O/c1-3-6-14-11-16-10(13)17-12(18-11)15-8(2)9-5-4-7-19-9/h4-5,7-8H,3,6H2,1-2H3,(H2,14,15,16,17,18). The fourth-order valence-electron chi connectivity index (χ4n) is 1.53. The number of nitrogens with one attached hydrogen (secondary N) is 2. The Labute approximate surface area is 116 Å². The highest BCUT2D eigenvalue weighted by Gasteiger charge is 2.11. The molecule has 19 heavy (non-hydrogen) atoms. The van der Waals surface area contributed by atoms with E-state index in [2.05, 4.69) is 32.5 Å². The van der Waals surface area contributed by atoms with Crippen molar-refractivity contribution in [2.75, 3.05) is 17.2 Å². The summed E-state index contributed by atoms with van der Waals surface area (Å²) in [5, 5.41) is 6.35. The van der Waals surface area contributed by atoms with E-state index in [1.807, 2.05) is 19.1 Å². The molecule has 0 aromatic carbocycles. The molecule has 0 aliphatic rings. The SMILES string of the molecule is CCCNc1nc(Cl)nc(NC(C)c2ccco2)n1. The van der Waals surface area contributed by atoms with E-state index in [-0.39, 0.29) is 11.3 Å². The molecule has 0 saturated heterocycles. The zero-order chi connectivity index (χ0) is 13.7. The normalized spacial score (nSPS) is 12.2. The van der Waals surface area contributed by atoms with Gasteiger partial charge in [0.2, 0.25) is 17.2 Å². The Balaban J connectivity index is 2.09. The number of aromatic nitrogens is 3. The van der Waals surface area contributed by atoms with Gasteiger partial charge in [0.25, 0.3) is 0 Å². The number of rotatable bonds is 6. The van der Waals surface area contributed by atoms with Crippen molar-refractivity contribution in [3.05, 3.63) is 29.4 Å². The van der Waals surface area contributed by atoms with Crippen molar-refractivity contribution >= 4 is 23.5 Å². The summed E-state index contributed by atoms with van der Waals surface area (Å²) in [5.41, 5.74) is 0. The minimum Gasteiger partial charge on any atom is -0.467 e. The zero-order valence-electron chi connectivity index (χ0n) is 10.9. The molecule has 0 spiro atoms. The van der Waals surface area contributed by atoms with Gasteiger partial charge in [-0.25, -0.2) is 0 Å². The van der Waals surface area contributed by atoms with Gasteiger partial charge in [0.1, 0.15) is 5.76 Å². The van der Waals surface area contributed by atoms with Crippen LogP contribution in [0.1, 0.15) is 32.1 Å². The van der Waals surface area contributed by atoms with Crippen molar-refractivity contribution in [3.63, 3.8) is 0 Å². The van der Waals surface area contributed by atoms with Crippen molar-refractivity contribution in [2.24, 2.45) is 0 Å². The first kappa shape index (κ1) is 13.6. The second-order valence-corrected chi connectivity index (χ2v) is 4.40. The average Bonchev–Trinajstić information content (AvgIpc) is 2.89. The van der Waals surface area contributed by atoms with Gasteiger partial charge in [0, 0.05) is 6.54 Å². The lowest BCUT2D eigenvalue weighted by Crippen LogP contribution is -2.12. The van der Waals surface area contributed by atoms with Crippen LogP contribution < -0.4 is 10.6 Å². The van der Waals surface area contributed by atoms with Crippen molar-refractivity contribution < 1.29 is 4.42 Å². The molecular formula is C12H16ClN5O. The first-order chi connectivity index (χ1) is 9.19. The molecule has 7 heteroatoms. The van der Waals surface area contributed by atoms with E-state index in [1.165, 1.54) is 0 Å². The smallest absolute Gasteiger partial charge is 0.229 e. The lowest BCUT2D eigenvalue weighted by molar-refractivity contribution is 0.489. The molecule has 0 amide bonds. The Kier molecular flexibility index (Phi) is 4.57. The van der Waals surface area contributed by atoms with Gasteiger partial charge in [0.15, 0.2) is 0 Å². The molecule has 6 nitrogen and oxygen atoms in total. The summed E-state index contributed by atoms with van der Waals surface area (Å²) in [7, 11) is 0. The minimum atomic E-state index is -0.0486. The van der Waals surface area contributed by atoms with Gasteiger partial charge in [-0.1, -0.05) is 6.92 Å². The van der Waals surface area contributed by atoms with Gasteiger partial charge in [-0.15, -0.1) is 0 Å². The first-order valence-electron chi connectivity index (χ1n) is 6.14. The number of anilines is 2. The molecule has 0 fully saturated rings. The summed E-state index contributed by atoms with van der Waals surface area (Å²) in [6, 6.07) is 3.67. The number of nitrogens with zero attached hydrogens (tertiary/aromatic N) is 3. The predicted molar refractivity (Wildman–Crippen MR) is 74.4 cm³/mol. The third kappa shape index (κ3) is 3.82. The lowest BCUT2D eigenvalue weighted by Gasteiger charge is -2.12. The molecule has 2 aromatic rings. The molecule has 2 aromatic heterocycles. The highest BCUT2D eigenvalue weighted by Crippen LogP contribution is 2.18. The molecule has 0 aliphatic heterocycles. The van der Waals surface area contributed by atoms with Gasteiger partial charge < -0.3 is 15.1 Å². The van der Waals surface area contributed by atoms with Crippen LogP contribution in [0.3, 0.4) is 0 Å². The van der Waals surface area contributed by atoms with Gasteiger partial charge >= 0.3 is 0 Å². The second-order valence-electron chi connectivity index (χ2n) is 4.06. The van der Waals surface area contributed by atoms with Gasteiger partial charge in [-0.2, -0.15) is 15.0 Å². The summed E-state index contributed by atoms with van der Waals surface area (Å²) in [6.07, 6.45) is 2.61. The van der Waals surface area contributed by atoms with E-state index < -0.39 is 0 Å². The highest BCUT2D eigenvalue weighted by molar-refractivity contribution is 6.28. The fourth-order valence-corrected chi connectivity index (χ4v) is 1.69. The van der Waals surface area contributed by atoms with Crippen LogP contribution in [-0.4, -0.2) is 21.5 Å². The third-order valence-electron chi connectivity index (χ3n) is 2.46. The molecule has 102 valence electrons. The topological polar surface area (TPSA) is 75.9 Å². The van der Waals surface area contributed by atoms with Crippen LogP contribution >= 0.6 is 11.6 Å². The van der Waals surface area contributed by atoms with Crippen LogP contribution in [0.5, 0.6) is 0 Å². The number of hydrogen-bond acceptors (Lipinski definition) is 6. The minimum absolute atomic E-state index is 0.0486. The molecule has 0 bridgehead atoms. The number of furan rings is 1. The quantitative estimate of drug-likeness (QED) is 0.847. The maximum absolute atomic E-state index is 5.87. The molecule has 0 saturated carbocycles. The van der Waals surface area contributed by atoms with E-state index in [4.69, 9.17) is 16.0 Å². The molecule has 2 N–H and O–H groups in total. The van der Waals surface area contributed by atoms with Crippen molar-refractivity contribution in [2.45, 2.75) is 26.3 Å². The Morgan fingerprint density at radius 3 is 2.79 bits per heavy atom. The van der Waals surface area contributed by atoms with Crippen molar-refractivity contribution in [3.8, 4) is 0 Å². The third-order valence-corrected chi connectivity index (χ3v) is 2.63. The summed E-state index contributed by atoms with van der Waals surface area (Å²) in [6.45, 7) is 4.80. The molecular weight excluding hydrogens is 266 g/mol. The van der Waals surface area contributed by atoms with Gasteiger partial charge in [-0.05, 0) is 37.1 Å². The van der Waals surface area contributed by atoms with Crippen molar-refractivity contribution in [1.82, 2.24) is 15.0 Å². The highest BCUT2D eigenvalue weighted by atomic mass is 35.5. The van der Waals surface area contributed by atoms with Crippen LogP contribution in [0.4, 0.5) is 11.9 Å². The lowest BCUT2D eigenvalue weighted by atomic mass is 10.2. The monoisotopic (exact) mass is 281 g/mol. The van der Waals surface area contributed by atoms with Crippen molar-refractivity contribution in [1.29, 1.82) is 0 Å². The molecule has 2 rings (SSSR count). The number of halogens is 1. The zero-order valence-corrected chi connectivity index (χ0v) is 11.6. The van der Waals surface area contributed by atoms with E-state index in [0.29, 0.717) is 11.9 Å². The molecule has 1 atom stereocenters. The van der Waals surface area contributed by atoms with E-state index in [0.717, 1.165) is 18.7 Å². The van der Waals surface area contributed by atoms with E-state index >= 15 is 0 Å². The largest absolute Gasteiger partial charge is 0.467 e. The molecule has 1 unspecified atom stereocenters. The molecule has 0 radical (unpaired) electrons. The Morgan fingerprint density at radius 1 is 1.32 bits per heavy atom. The second kappa shape index (κ2) is 6.38. The van der Waals surface area contributed by atoms with Crippen LogP contribution in [0.2, 0.25) is 5.28 Å². The Morgan fingerprint density at radius 2 is 2.11 bits per heavy atom. The van der Waals surface area contributed by atoms with E-state index in [9.17, 15) is 0 Å². The summed E-state index contributed by atoms with van der Waals surface area (Å²) < 4.78 is 5.31. The average molecular weight is 282 g/mol. The van der Waals surface area contributed by atoms with Crippen LogP contribution in [0.15, 0.2) is 22.8 Å². The van der Waals surface area contributed by atoms with Crippen LogP contribution in [-0.2, 0) is 0 Å².